The van der Waals surface area contributed by atoms with Crippen LogP contribution in [0.15, 0.2) is 0 Å². The maximum absolute atomic E-state index is 12.4. The van der Waals surface area contributed by atoms with Crippen molar-refractivity contribution < 1.29 is 23.5 Å². The molecule has 2 atom stereocenters. The van der Waals surface area contributed by atoms with E-state index in [2.05, 4.69) is 19.8 Å². The molecular weight excluding hydrogens is 370 g/mol. The third-order valence-corrected chi connectivity index (χ3v) is 6.45. The summed E-state index contributed by atoms with van der Waals surface area (Å²) in [6.45, 7) is 2.25. The summed E-state index contributed by atoms with van der Waals surface area (Å²) in [4.78, 5) is 13.9. The highest BCUT2D eigenvalue weighted by Gasteiger charge is 2.48. The van der Waals surface area contributed by atoms with Gasteiger partial charge in [0.05, 0.1) is 12.1 Å². The van der Waals surface area contributed by atoms with Gasteiger partial charge in [0.25, 0.3) is 0 Å². The molecule has 2 amide bonds. The van der Waals surface area contributed by atoms with Crippen LogP contribution in [0.25, 0.3) is 0 Å². The third kappa shape index (κ3) is 3.36. The molecule has 25 heavy (non-hydrogen) atoms. The molecule has 12 heteroatoms. The first-order valence-electron chi connectivity index (χ1n) is 8.21. The van der Waals surface area contributed by atoms with Gasteiger partial charge in [0, 0.05) is 12.5 Å². The van der Waals surface area contributed by atoms with Crippen LogP contribution >= 0.6 is 11.3 Å². The van der Waals surface area contributed by atoms with Gasteiger partial charge in [-0.1, -0.05) is 11.3 Å². The van der Waals surface area contributed by atoms with Crippen molar-refractivity contribution in [1.82, 2.24) is 25.5 Å². The summed E-state index contributed by atoms with van der Waals surface area (Å²) in [5, 5.41) is 14.3. The number of hydrogen-bond donors (Lipinski definition) is 1. The number of carbonyl (C=O) groups is 1. The molecule has 2 bridgehead atoms. The Morgan fingerprint density at radius 3 is 2.64 bits per heavy atom. The quantitative estimate of drug-likeness (QED) is 0.581. The first-order valence-corrected chi connectivity index (χ1v) is 10.4. The fourth-order valence-electron chi connectivity index (χ4n) is 3.70. The lowest BCUT2D eigenvalue weighted by Crippen LogP contribution is -2.35. The fourth-order valence-corrected chi connectivity index (χ4v) is 5.24. The number of rotatable bonds is 4. The van der Waals surface area contributed by atoms with E-state index in [-0.39, 0.29) is 7.47 Å². The normalized spacial score (nSPS) is 28.0. The molecule has 0 radical (unpaired) electrons. The molecule has 4 rings (SSSR count). The maximum Gasteiger partial charge on any atom is 1.00 e. The lowest BCUT2D eigenvalue weighted by molar-refractivity contribution is -0.0327. The van der Waals surface area contributed by atoms with E-state index in [1.807, 2.05) is 0 Å². The Morgan fingerprint density at radius 2 is 1.92 bits per heavy atom. The molecule has 3 fully saturated rings. The summed E-state index contributed by atoms with van der Waals surface area (Å²) < 4.78 is 36.8. The van der Waals surface area contributed by atoms with Gasteiger partial charge in [-0.3, -0.25) is 0 Å². The van der Waals surface area contributed by atoms with Crippen molar-refractivity contribution in [1.29, 1.82) is 0 Å². The molecule has 10 nitrogen and oxygen atoms in total. The smallest absolute Gasteiger partial charge is 0.724 e. The van der Waals surface area contributed by atoms with Crippen molar-refractivity contribution in [3.63, 3.8) is 0 Å². The van der Waals surface area contributed by atoms with E-state index in [1.165, 1.54) is 16.2 Å². The van der Waals surface area contributed by atoms with Crippen molar-refractivity contribution in [2.45, 2.75) is 43.7 Å². The zero-order valence-electron chi connectivity index (χ0n) is 14.3. The summed E-state index contributed by atoms with van der Waals surface area (Å²) in [7, 11) is -4.97. The number of hydroxylamine groups is 2. The SMILES string of the molecule is O=C1N2C[C@@H](CC[C@H]2c2nnc(C3CCNCC3)s2)N1OS(=O)(=O)[O-].[H+]. The lowest BCUT2D eigenvalue weighted by atomic mass is 9.99. The maximum atomic E-state index is 12.4. The minimum absolute atomic E-state index is 0. The highest BCUT2D eigenvalue weighted by atomic mass is 32.3. The van der Waals surface area contributed by atoms with Crippen molar-refractivity contribution >= 4 is 27.8 Å². The van der Waals surface area contributed by atoms with E-state index in [1.54, 1.807) is 0 Å². The molecule has 0 saturated carbocycles. The number of nitrogens with zero attached hydrogens (tertiary/aromatic N) is 4. The Balaban J connectivity index is 0.00000196. The molecular formula is C13H19N5O5S2. The van der Waals surface area contributed by atoms with Crippen molar-refractivity contribution in [2.75, 3.05) is 19.6 Å². The number of aromatic nitrogens is 2. The number of amides is 2. The Kier molecular flexibility index (Phi) is 4.40. The molecule has 0 spiro atoms. The average molecular weight is 389 g/mol. The minimum Gasteiger partial charge on any atom is -0.724 e. The van der Waals surface area contributed by atoms with E-state index >= 15 is 0 Å². The first-order chi connectivity index (χ1) is 11.9. The van der Waals surface area contributed by atoms with Crippen LogP contribution in [0.3, 0.4) is 0 Å². The van der Waals surface area contributed by atoms with Gasteiger partial charge >= 0.3 is 7.46 Å². The van der Waals surface area contributed by atoms with E-state index in [0.29, 0.717) is 30.4 Å². The number of carbonyl (C=O) groups excluding carboxylic acids is 1. The Labute approximate surface area is 150 Å². The average Bonchev–Trinajstić information content (AvgIpc) is 3.16. The van der Waals surface area contributed by atoms with E-state index < -0.39 is 22.5 Å². The predicted molar refractivity (Wildman–Crippen MR) is 86.4 cm³/mol. The summed E-state index contributed by atoms with van der Waals surface area (Å²) in [5.41, 5.74) is 0. The van der Waals surface area contributed by atoms with Gasteiger partial charge in [-0.25, -0.2) is 13.2 Å². The molecule has 0 aliphatic carbocycles. The molecule has 138 valence electrons. The Bertz CT molecular complexity index is 769. The van der Waals surface area contributed by atoms with Crippen LogP contribution < -0.4 is 5.32 Å². The van der Waals surface area contributed by atoms with Gasteiger partial charge in [0.15, 0.2) is 0 Å². The zero-order valence-corrected chi connectivity index (χ0v) is 15.0. The molecule has 1 aromatic rings. The molecule has 3 aliphatic heterocycles. The van der Waals surface area contributed by atoms with Crippen LogP contribution in [-0.2, 0) is 14.7 Å². The molecule has 1 aromatic heterocycles. The van der Waals surface area contributed by atoms with Crippen LogP contribution in [0.5, 0.6) is 0 Å². The van der Waals surface area contributed by atoms with Crippen LogP contribution in [0, 0.1) is 0 Å². The largest absolute Gasteiger partial charge is 1.00 e. The monoisotopic (exact) mass is 389 g/mol. The summed E-state index contributed by atoms with van der Waals surface area (Å²) >= 11 is 1.52. The standard InChI is InChI=1S/C13H19N5O5S2/c19-13-17-7-9(18(13)23-25(20,21)22)1-2-10(17)12-16-15-11(24-12)8-3-5-14-6-4-8/h8-10,14H,1-7H2,(H,20,21,22)/t9-,10+/m1/s1. The van der Waals surface area contributed by atoms with E-state index in [0.717, 1.165) is 35.9 Å². The summed E-state index contributed by atoms with van der Waals surface area (Å²) in [5.74, 6) is 0.392. The second kappa shape index (κ2) is 6.43. The van der Waals surface area contributed by atoms with Crippen LogP contribution in [0.4, 0.5) is 4.79 Å². The minimum atomic E-state index is -4.97. The van der Waals surface area contributed by atoms with Crippen molar-refractivity contribution in [2.24, 2.45) is 0 Å². The summed E-state index contributed by atoms with van der Waals surface area (Å²) in [6.07, 6.45) is 3.22. The second-order valence-corrected chi connectivity index (χ2v) is 8.50. The molecule has 4 heterocycles. The lowest BCUT2D eigenvalue weighted by Gasteiger charge is -2.28. The Hall–Kier alpha value is -1.34. The molecule has 3 saturated heterocycles. The van der Waals surface area contributed by atoms with E-state index in [9.17, 15) is 17.8 Å². The topological polar surface area (TPSA) is 128 Å². The highest BCUT2D eigenvalue weighted by Crippen LogP contribution is 2.40. The molecule has 0 unspecified atom stereocenters. The number of hydrogen-bond acceptors (Lipinski definition) is 9. The number of nitrogens with one attached hydrogen (secondary N) is 1. The van der Waals surface area contributed by atoms with Gasteiger partial charge in [0.1, 0.15) is 10.0 Å². The zero-order chi connectivity index (χ0) is 17.6. The van der Waals surface area contributed by atoms with Crippen LogP contribution in [0.2, 0.25) is 0 Å². The number of piperidine rings is 2. The molecule has 1 N–H and O–H groups in total. The van der Waals surface area contributed by atoms with Gasteiger partial charge in [0.2, 0.25) is 10.4 Å². The first kappa shape index (κ1) is 17.1. The number of fused-ring (bicyclic) bond motifs is 2. The number of urea groups is 1. The van der Waals surface area contributed by atoms with Crippen LogP contribution in [-0.4, -0.2) is 64.8 Å². The molecule has 0 aromatic carbocycles. The highest BCUT2D eigenvalue weighted by molar-refractivity contribution is 7.80. The van der Waals surface area contributed by atoms with Crippen LogP contribution in [0.1, 0.15) is 49.1 Å². The summed E-state index contributed by atoms with van der Waals surface area (Å²) in [6, 6.07) is -1.28. The van der Waals surface area contributed by atoms with Gasteiger partial charge in [-0.15, -0.1) is 10.2 Å². The van der Waals surface area contributed by atoms with E-state index in [4.69, 9.17) is 0 Å². The Morgan fingerprint density at radius 1 is 1.20 bits per heavy atom. The third-order valence-electron chi connectivity index (χ3n) is 4.92. The fraction of sp³-hybridized carbons (Fsp3) is 0.769. The molecule has 3 aliphatic rings. The van der Waals surface area contributed by atoms with Crippen molar-refractivity contribution in [3.8, 4) is 0 Å². The van der Waals surface area contributed by atoms with Gasteiger partial charge in [-0.2, -0.15) is 9.35 Å². The second-order valence-electron chi connectivity index (χ2n) is 6.49. The predicted octanol–water partition coefficient (Wildman–Crippen LogP) is 0.451. The van der Waals surface area contributed by atoms with Crippen molar-refractivity contribution in [3.05, 3.63) is 10.0 Å². The van der Waals surface area contributed by atoms with Gasteiger partial charge in [-0.05, 0) is 38.8 Å². The van der Waals surface area contributed by atoms with Gasteiger partial charge < -0.3 is 14.8 Å².